The van der Waals surface area contributed by atoms with Crippen LogP contribution in [0.1, 0.15) is 26.3 Å². The van der Waals surface area contributed by atoms with Crippen LogP contribution in [0.2, 0.25) is 0 Å². The largest absolute Gasteiger partial charge is 0.357 e. The molecule has 0 amide bonds. The Kier molecular flexibility index (Phi) is 9.84. The van der Waals surface area contributed by atoms with E-state index in [1.165, 1.54) is 6.07 Å². The molecule has 1 aromatic carbocycles. The van der Waals surface area contributed by atoms with Crippen LogP contribution in [0.5, 0.6) is 0 Å². The smallest absolute Gasteiger partial charge is 0.194 e. The van der Waals surface area contributed by atoms with Crippen LogP contribution in [0.15, 0.2) is 29.3 Å². The summed E-state index contributed by atoms with van der Waals surface area (Å²) < 4.78 is 37.2. The first kappa shape index (κ1) is 24.5. The van der Waals surface area contributed by atoms with Crippen molar-refractivity contribution in [3.63, 3.8) is 0 Å². The second-order valence-electron chi connectivity index (χ2n) is 6.88. The minimum absolute atomic E-state index is 0. The first-order valence-electron chi connectivity index (χ1n) is 8.83. The maximum atomic E-state index is 13.6. The Labute approximate surface area is 183 Å². The van der Waals surface area contributed by atoms with Crippen LogP contribution in [0, 0.1) is 5.82 Å². The quantitative estimate of drug-likeness (QED) is 0.266. The molecule has 27 heavy (non-hydrogen) atoms. The molecule has 1 aliphatic heterocycles. The van der Waals surface area contributed by atoms with Crippen LogP contribution in [-0.4, -0.2) is 61.7 Å². The number of aliphatic imine (C=N–C) groups is 1. The minimum atomic E-state index is -3.07. The highest BCUT2D eigenvalue weighted by molar-refractivity contribution is 14.0. The predicted octanol–water partition coefficient (Wildman–Crippen LogP) is 3.15. The molecule has 9 heteroatoms. The summed E-state index contributed by atoms with van der Waals surface area (Å²) in [6.07, 6.45) is 0. The Balaban J connectivity index is 0.00000364. The predicted molar refractivity (Wildman–Crippen MR) is 123 cm³/mol. The van der Waals surface area contributed by atoms with E-state index in [2.05, 4.69) is 10.3 Å². The van der Waals surface area contributed by atoms with Crippen molar-refractivity contribution in [2.24, 2.45) is 4.99 Å². The summed E-state index contributed by atoms with van der Waals surface area (Å²) in [4.78, 5) is 6.65. The van der Waals surface area contributed by atoms with Gasteiger partial charge >= 0.3 is 0 Å². The van der Waals surface area contributed by atoms with Crippen LogP contribution >= 0.6 is 35.7 Å². The number of sulfone groups is 1. The second-order valence-corrected chi connectivity index (χ2v) is 10.7. The van der Waals surface area contributed by atoms with E-state index in [0.29, 0.717) is 31.0 Å². The highest BCUT2D eigenvalue weighted by atomic mass is 127. The van der Waals surface area contributed by atoms with Gasteiger partial charge in [-0.1, -0.05) is 18.2 Å². The van der Waals surface area contributed by atoms with Gasteiger partial charge in [0.1, 0.15) is 5.82 Å². The summed E-state index contributed by atoms with van der Waals surface area (Å²) in [7, 11) is -3.07. The van der Waals surface area contributed by atoms with Gasteiger partial charge in [-0.15, -0.1) is 24.0 Å². The van der Waals surface area contributed by atoms with E-state index in [-0.39, 0.29) is 35.5 Å². The summed E-state index contributed by atoms with van der Waals surface area (Å²) in [5.41, 5.74) is 0.705. The second kappa shape index (κ2) is 10.8. The van der Waals surface area contributed by atoms with Gasteiger partial charge in [0.2, 0.25) is 0 Å². The Bertz CT molecular complexity index is 742. The molecule has 5 nitrogen and oxygen atoms in total. The average molecular weight is 529 g/mol. The molecule has 0 saturated carbocycles. The molecular weight excluding hydrogens is 500 g/mol. The zero-order chi connectivity index (χ0) is 19.2. The van der Waals surface area contributed by atoms with Crippen molar-refractivity contribution >= 4 is 51.5 Å². The van der Waals surface area contributed by atoms with Crippen molar-refractivity contribution in [3.8, 4) is 0 Å². The van der Waals surface area contributed by atoms with Crippen molar-refractivity contribution in [2.75, 3.05) is 37.7 Å². The van der Waals surface area contributed by atoms with E-state index < -0.39 is 14.6 Å². The van der Waals surface area contributed by atoms with Gasteiger partial charge in [0.15, 0.2) is 15.8 Å². The molecule has 1 saturated heterocycles. The van der Waals surface area contributed by atoms with Crippen LogP contribution in [-0.2, 0) is 15.6 Å². The van der Waals surface area contributed by atoms with Gasteiger partial charge in [-0.25, -0.2) is 12.8 Å². The van der Waals surface area contributed by atoms with Gasteiger partial charge in [0, 0.05) is 31.1 Å². The molecule has 0 aromatic heterocycles. The van der Waals surface area contributed by atoms with E-state index in [1.807, 2.05) is 17.9 Å². The van der Waals surface area contributed by atoms with Crippen molar-refractivity contribution in [1.82, 2.24) is 10.2 Å². The van der Waals surface area contributed by atoms with E-state index in [0.717, 1.165) is 18.3 Å². The van der Waals surface area contributed by atoms with Crippen molar-refractivity contribution in [1.29, 1.82) is 0 Å². The first-order chi connectivity index (χ1) is 12.3. The first-order valence-corrected chi connectivity index (χ1v) is 11.6. The highest BCUT2D eigenvalue weighted by Gasteiger charge is 2.40. The van der Waals surface area contributed by atoms with Gasteiger partial charge < -0.3 is 10.2 Å². The fourth-order valence-electron chi connectivity index (χ4n) is 2.76. The Morgan fingerprint density at radius 3 is 2.70 bits per heavy atom. The Morgan fingerprint density at radius 1 is 1.37 bits per heavy atom. The lowest BCUT2D eigenvalue weighted by Gasteiger charge is -2.39. The van der Waals surface area contributed by atoms with Gasteiger partial charge in [-0.3, -0.25) is 4.99 Å². The normalized spacial score (nSPS) is 18.7. The minimum Gasteiger partial charge on any atom is -0.357 e. The number of nitrogens with zero attached hydrogens (tertiary/aromatic N) is 2. The lowest BCUT2D eigenvalue weighted by Crippen LogP contribution is -2.57. The molecule has 1 aliphatic rings. The molecule has 1 heterocycles. The van der Waals surface area contributed by atoms with Crippen LogP contribution in [0.3, 0.4) is 0 Å². The highest BCUT2D eigenvalue weighted by Crippen LogP contribution is 2.23. The Hall–Kier alpha value is -0.550. The van der Waals surface area contributed by atoms with Crippen LogP contribution in [0.25, 0.3) is 0 Å². The number of guanidine groups is 1. The average Bonchev–Trinajstić information content (AvgIpc) is 2.58. The summed E-state index contributed by atoms with van der Waals surface area (Å²) in [6, 6.07) is 6.80. The molecule has 154 valence electrons. The zero-order valence-corrected chi connectivity index (χ0v) is 20.0. The zero-order valence-electron chi connectivity index (χ0n) is 16.1. The molecule has 0 bridgehead atoms. The molecular formula is C18H29FIN3O2S2. The topological polar surface area (TPSA) is 61.8 Å². The van der Waals surface area contributed by atoms with Gasteiger partial charge in [0.25, 0.3) is 0 Å². The number of hydrogen-bond acceptors (Lipinski definition) is 4. The third-order valence-electron chi connectivity index (χ3n) is 4.39. The third kappa shape index (κ3) is 6.77. The lowest BCUT2D eigenvalue weighted by atomic mass is 10.2. The fraction of sp³-hybridized carbons (Fsp3) is 0.611. The molecule has 1 N–H and O–H groups in total. The van der Waals surface area contributed by atoms with Gasteiger partial charge in [-0.05, 0) is 32.4 Å². The number of rotatable bonds is 6. The van der Waals surface area contributed by atoms with Crippen LogP contribution < -0.4 is 5.32 Å². The summed E-state index contributed by atoms with van der Waals surface area (Å²) in [5.74, 6) is 2.12. The number of thioether (sulfide) groups is 1. The number of benzene rings is 1. The number of halogens is 2. The lowest BCUT2D eigenvalue weighted by molar-refractivity contribution is 0.353. The molecule has 0 spiro atoms. The molecule has 1 aromatic rings. The van der Waals surface area contributed by atoms with Crippen LogP contribution in [0.4, 0.5) is 4.39 Å². The van der Waals surface area contributed by atoms with Crippen molar-refractivity contribution in [2.45, 2.75) is 31.3 Å². The molecule has 1 fully saturated rings. The molecule has 0 unspecified atom stereocenters. The van der Waals surface area contributed by atoms with Gasteiger partial charge in [0.05, 0.1) is 17.0 Å². The third-order valence-corrected chi connectivity index (χ3v) is 7.91. The van der Waals surface area contributed by atoms with E-state index >= 15 is 0 Å². The van der Waals surface area contributed by atoms with Crippen molar-refractivity contribution in [3.05, 3.63) is 35.6 Å². The van der Waals surface area contributed by atoms with E-state index in [4.69, 9.17) is 0 Å². The van der Waals surface area contributed by atoms with Crippen molar-refractivity contribution < 1.29 is 12.8 Å². The number of hydrogen-bond donors (Lipinski definition) is 1. The summed E-state index contributed by atoms with van der Waals surface area (Å²) in [5, 5.41) is 3.25. The monoisotopic (exact) mass is 529 g/mol. The Morgan fingerprint density at radius 2 is 2.07 bits per heavy atom. The molecule has 0 aliphatic carbocycles. The molecule has 0 atom stereocenters. The number of nitrogens with one attached hydrogen (secondary N) is 1. The summed E-state index contributed by atoms with van der Waals surface area (Å²) in [6.45, 7) is 7.75. The fourth-order valence-corrected chi connectivity index (χ4v) is 4.95. The van der Waals surface area contributed by atoms with Gasteiger partial charge in [-0.2, -0.15) is 11.8 Å². The molecule has 2 rings (SSSR count). The van der Waals surface area contributed by atoms with E-state index in [9.17, 15) is 12.8 Å². The maximum absolute atomic E-state index is 13.6. The van der Waals surface area contributed by atoms with E-state index in [1.54, 1.807) is 37.7 Å². The maximum Gasteiger partial charge on any atom is 0.194 e. The summed E-state index contributed by atoms with van der Waals surface area (Å²) >= 11 is 1.64. The SMILES string of the molecule is CCNC(=NCCSCc1ccccc1F)N1CCS(=O)(=O)C(C)(C)C1.I. The molecule has 0 radical (unpaired) electrons. The standard InChI is InChI=1S/C18H28FN3O2S2.HI/c1-4-20-17(22-10-12-26(23,24)18(2,3)14-22)21-9-11-25-13-15-7-5-6-8-16(15)19;/h5-8H,4,9-14H2,1-3H3,(H,20,21);1H.